The molecule has 0 spiro atoms. The molecule has 0 bridgehead atoms. The maximum Gasteiger partial charge on any atom is 0.328 e. The van der Waals surface area contributed by atoms with Crippen LogP contribution >= 0.6 is 11.8 Å². The Balaban J connectivity index is 3.69. The third-order valence-corrected chi connectivity index (χ3v) is 2.97. The lowest BCUT2D eigenvalue weighted by molar-refractivity contribution is -0.131. The molecule has 76 valence electrons. The first-order valence-electron chi connectivity index (χ1n) is 4.28. The third kappa shape index (κ3) is 7.87. The van der Waals surface area contributed by atoms with Gasteiger partial charge in [-0.25, -0.2) is 4.79 Å². The van der Waals surface area contributed by atoms with E-state index in [-0.39, 0.29) is 0 Å². The number of carbonyl (C=O) groups is 1. The number of thioether (sulfide) groups is 1. The molecule has 0 aromatic carbocycles. The summed E-state index contributed by atoms with van der Waals surface area (Å²) in [7, 11) is 0. The molecule has 1 atom stereocenters. The molecule has 3 nitrogen and oxygen atoms in total. The first-order chi connectivity index (χ1) is 6.06. The lowest BCUT2D eigenvalue weighted by atomic mass is 10.3. The van der Waals surface area contributed by atoms with Crippen molar-refractivity contribution in [1.82, 2.24) is 0 Å². The first-order valence-corrected chi connectivity index (χ1v) is 5.33. The number of rotatable bonds is 6. The van der Waals surface area contributed by atoms with Gasteiger partial charge in [0.15, 0.2) is 0 Å². The molecular formula is C9H17NO2S. The lowest BCUT2D eigenvalue weighted by Crippen LogP contribution is -2.07. The summed E-state index contributed by atoms with van der Waals surface area (Å²) in [6, 6.07) is 0. The van der Waals surface area contributed by atoms with Crippen molar-refractivity contribution in [3.63, 3.8) is 0 Å². The van der Waals surface area contributed by atoms with Crippen molar-refractivity contribution < 1.29 is 9.90 Å². The molecule has 3 N–H and O–H groups in total. The van der Waals surface area contributed by atoms with Crippen LogP contribution in [0.3, 0.4) is 0 Å². The SMILES string of the molecule is CC(=CC(=O)O)CSC(C)CCN. The van der Waals surface area contributed by atoms with Crippen LogP contribution in [-0.2, 0) is 4.79 Å². The first kappa shape index (κ1) is 12.5. The zero-order chi connectivity index (χ0) is 10.3. The molecule has 0 radical (unpaired) electrons. The number of aliphatic carboxylic acids is 1. The molecule has 0 aliphatic rings. The Hall–Kier alpha value is -0.480. The van der Waals surface area contributed by atoms with Gasteiger partial charge >= 0.3 is 5.97 Å². The fourth-order valence-corrected chi connectivity index (χ4v) is 1.78. The van der Waals surface area contributed by atoms with E-state index in [0.29, 0.717) is 11.8 Å². The summed E-state index contributed by atoms with van der Waals surface area (Å²) in [5.41, 5.74) is 6.28. The van der Waals surface area contributed by atoms with E-state index in [4.69, 9.17) is 10.8 Å². The van der Waals surface area contributed by atoms with Crippen molar-refractivity contribution in [2.24, 2.45) is 5.73 Å². The van der Waals surface area contributed by atoms with Crippen LogP contribution in [0.15, 0.2) is 11.6 Å². The predicted molar refractivity (Wildman–Crippen MR) is 57.0 cm³/mol. The van der Waals surface area contributed by atoms with Crippen molar-refractivity contribution >= 4 is 17.7 Å². The number of carboxylic acid groups (broad SMARTS) is 1. The van der Waals surface area contributed by atoms with Gasteiger partial charge in [0, 0.05) is 17.1 Å². The van der Waals surface area contributed by atoms with Crippen LogP contribution in [0.4, 0.5) is 0 Å². The van der Waals surface area contributed by atoms with E-state index in [1.165, 1.54) is 6.08 Å². The molecule has 1 unspecified atom stereocenters. The van der Waals surface area contributed by atoms with Crippen molar-refractivity contribution in [3.8, 4) is 0 Å². The highest BCUT2D eigenvalue weighted by Crippen LogP contribution is 2.16. The van der Waals surface area contributed by atoms with E-state index in [9.17, 15) is 4.79 Å². The Morgan fingerprint density at radius 1 is 1.69 bits per heavy atom. The van der Waals surface area contributed by atoms with Gasteiger partial charge in [-0.15, -0.1) is 0 Å². The summed E-state index contributed by atoms with van der Waals surface area (Å²) in [5.74, 6) is -0.0995. The second kappa shape index (κ2) is 6.97. The van der Waals surface area contributed by atoms with E-state index >= 15 is 0 Å². The van der Waals surface area contributed by atoms with Gasteiger partial charge in [-0.05, 0) is 19.9 Å². The minimum atomic E-state index is -0.871. The van der Waals surface area contributed by atoms with Crippen LogP contribution in [0.25, 0.3) is 0 Å². The van der Waals surface area contributed by atoms with Gasteiger partial charge in [-0.2, -0.15) is 11.8 Å². The molecule has 0 amide bonds. The number of nitrogens with two attached hydrogens (primary N) is 1. The highest BCUT2D eigenvalue weighted by atomic mass is 32.2. The monoisotopic (exact) mass is 203 g/mol. The quantitative estimate of drug-likeness (QED) is 0.642. The van der Waals surface area contributed by atoms with Crippen molar-refractivity contribution in [2.75, 3.05) is 12.3 Å². The van der Waals surface area contributed by atoms with Crippen LogP contribution in [0.2, 0.25) is 0 Å². The largest absolute Gasteiger partial charge is 0.478 e. The van der Waals surface area contributed by atoms with Gasteiger partial charge in [0.05, 0.1) is 0 Å². The summed E-state index contributed by atoms with van der Waals surface area (Å²) in [6.45, 7) is 4.62. The van der Waals surface area contributed by atoms with Gasteiger partial charge in [-0.3, -0.25) is 0 Å². The molecule has 0 fully saturated rings. The van der Waals surface area contributed by atoms with Crippen LogP contribution in [0.1, 0.15) is 20.3 Å². The molecule has 0 heterocycles. The van der Waals surface area contributed by atoms with E-state index in [1.807, 2.05) is 6.92 Å². The van der Waals surface area contributed by atoms with Gasteiger partial charge in [0.25, 0.3) is 0 Å². The zero-order valence-electron chi connectivity index (χ0n) is 8.12. The molecule has 0 aliphatic heterocycles. The van der Waals surface area contributed by atoms with E-state index in [0.717, 1.165) is 17.7 Å². The summed E-state index contributed by atoms with van der Waals surface area (Å²) in [4.78, 5) is 10.3. The Kier molecular flexibility index (Phi) is 6.72. The fourth-order valence-electron chi connectivity index (χ4n) is 0.844. The van der Waals surface area contributed by atoms with Crippen LogP contribution in [0.5, 0.6) is 0 Å². The second-order valence-electron chi connectivity index (χ2n) is 3.03. The smallest absolute Gasteiger partial charge is 0.328 e. The Labute approximate surface area is 83.4 Å². The molecule has 0 aromatic heterocycles. The van der Waals surface area contributed by atoms with Crippen molar-refractivity contribution in [2.45, 2.75) is 25.5 Å². The van der Waals surface area contributed by atoms with E-state index in [2.05, 4.69) is 6.92 Å². The summed E-state index contributed by atoms with van der Waals surface area (Å²) in [5, 5.41) is 8.95. The van der Waals surface area contributed by atoms with Crippen LogP contribution in [0, 0.1) is 0 Å². The topological polar surface area (TPSA) is 63.3 Å². The van der Waals surface area contributed by atoms with E-state index < -0.39 is 5.97 Å². The minimum Gasteiger partial charge on any atom is -0.478 e. The Bertz CT molecular complexity index is 192. The molecular weight excluding hydrogens is 186 g/mol. The normalized spacial score (nSPS) is 14.2. The highest BCUT2D eigenvalue weighted by molar-refractivity contribution is 8.00. The molecule has 13 heavy (non-hydrogen) atoms. The fraction of sp³-hybridized carbons (Fsp3) is 0.667. The summed E-state index contributed by atoms with van der Waals surface area (Å²) in [6.07, 6.45) is 2.23. The maximum absolute atomic E-state index is 10.3. The molecule has 4 heteroatoms. The Morgan fingerprint density at radius 3 is 2.77 bits per heavy atom. The molecule has 0 rings (SSSR count). The highest BCUT2D eigenvalue weighted by Gasteiger charge is 2.02. The molecule has 0 saturated carbocycles. The van der Waals surface area contributed by atoms with Crippen molar-refractivity contribution in [1.29, 1.82) is 0 Å². The molecule has 0 aromatic rings. The van der Waals surface area contributed by atoms with Crippen molar-refractivity contribution in [3.05, 3.63) is 11.6 Å². The number of hydrogen-bond donors (Lipinski definition) is 2. The van der Waals surface area contributed by atoms with Crippen LogP contribution < -0.4 is 5.73 Å². The second-order valence-corrected chi connectivity index (χ2v) is 4.45. The van der Waals surface area contributed by atoms with E-state index in [1.54, 1.807) is 11.8 Å². The molecule has 0 saturated heterocycles. The van der Waals surface area contributed by atoms with Crippen LogP contribution in [-0.4, -0.2) is 28.6 Å². The van der Waals surface area contributed by atoms with Gasteiger partial charge in [0.2, 0.25) is 0 Å². The predicted octanol–water partition coefficient (Wildman–Crippen LogP) is 1.49. The summed E-state index contributed by atoms with van der Waals surface area (Å²) >= 11 is 1.74. The average molecular weight is 203 g/mol. The average Bonchev–Trinajstić information content (AvgIpc) is 2.00. The van der Waals surface area contributed by atoms with Gasteiger partial charge in [-0.1, -0.05) is 12.5 Å². The number of hydrogen-bond acceptors (Lipinski definition) is 3. The lowest BCUT2D eigenvalue weighted by Gasteiger charge is -2.08. The molecule has 0 aliphatic carbocycles. The number of carboxylic acids is 1. The minimum absolute atomic E-state index is 0.502. The maximum atomic E-state index is 10.3. The zero-order valence-corrected chi connectivity index (χ0v) is 8.93. The third-order valence-electron chi connectivity index (χ3n) is 1.54. The summed E-state index contributed by atoms with van der Waals surface area (Å²) < 4.78 is 0. The standard InChI is InChI=1S/C9H17NO2S/c1-7(5-9(11)12)6-13-8(2)3-4-10/h5,8H,3-4,6,10H2,1-2H3,(H,11,12). The van der Waals surface area contributed by atoms with Gasteiger partial charge in [0.1, 0.15) is 0 Å². The Morgan fingerprint density at radius 2 is 2.31 bits per heavy atom. The van der Waals surface area contributed by atoms with Gasteiger partial charge < -0.3 is 10.8 Å².